The fraction of sp³-hybridized carbons (Fsp3) is 0.355. The van der Waals surface area contributed by atoms with Crippen molar-refractivity contribution in [3.8, 4) is 6.07 Å². The highest BCUT2D eigenvalue weighted by molar-refractivity contribution is 8.00. The molecule has 2 atom stereocenters. The van der Waals surface area contributed by atoms with Crippen molar-refractivity contribution in [2.24, 2.45) is 11.3 Å². The van der Waals surface area contributed by atoms with Gasteiger partial charge in [0.25, 0.3) is 5.91 Å². The number of thiophene rings is 1. The molecule has 3 N–H and O–H groups in total. The van der Waals surface area contributed by atoms with Gasteiger partial charge in [0.1, 0.15) is 11.1 Å². The van der Waals surface area contributed by atoms with Crippen molar-refractivity contribution in [1.29, 1.82) is 5.26 Å². The Balaban J connectivity index is 1.52. The average molecular weight is 714 g/mol. The molecule has 0 spiro atoms. The minimum absolute atomic E-state index is 0.162. The van der Waals surface area contributed by atoms with Crippen LogP contribution in [0.25, 0.3) is 0 Å². The fourth-order valence-electron chi connectivity index (χ4n) is 5.10. The summed E-state index contributed by atoms with van der Waals surface area (Å²) in [4.78, 5) is 40.3. The number of benzene rings is 2. The number of carboxylic acids is 1. The Bertz CT molecular complexity index is 1690. The molecule has 7 nitrogen and oxygen atoms in total. The van der Waals surface area contributed by atoms with Crippen LogP contribution in [0.2, 0.25) is 20.1 Å². The smallest absolute Gasteiger partial charge is 0.338 e. The summed E-state index contributed by atoms with van der Waals surface area (Å²) >= 11 is 27.2. The Hall–Kier alpha value is -2.45. The summed E-state index contributed by atoms with van der Waals surface area (Å²) in [6.07, 6.45) is 3.24. The number of nitrogens with zero attached hydrogens (tertiary/aromatic N) is 1. The van der Waals surface area contributed by atoms with Crippen LogP contribution in [0, 0.1) is 22.7 Å². The van der Waals surface area contributed by atoms with E-state index in [1.54, 1.807) is 24.3 Å². The summed E-state index contributed by atoms with van der Waals surface area (Å²) in [5, 5.41) is 24.1. The van der Waals surface area contributed by atoms with Crippen molar-refractivity contribution >= 4 is 98.0 Å². The van der Waals surface area contributed by atoms with Gasteiger partial charge in [-0.05, 0) is 60.8 Å². The number of carbonyl (C=O) groups is 3. The average Bonchev–Trinajstić information content (AvgIpc) is 3.31. The number of carboxylic acid groups (broad SMARTS) is 1. The third-order valence-corrected chi connectivity index (χ3v) is 11.9. The predicted molar refractivity (Wildman–Crippen MR) is 180 cm³/mol. The standard InChI is InChI=1S/C31H29Cl4N3O4S2/c1-5-19(27(39)38-29-18(13-36)17-10-9-14(31(2,3)4)11-20(17)44-29)43-16-8-6-7-15(12-16)37-28(40)21-22(30(41)42)24(33)26(35)25(34)23(21)32/h6-8,12,14,19H,5,9-11H2,1-4H3,(H,37,40)(H,38,39)(H,41,42). The molecule has 0 saturated heterocycles. The number of anilines is 2. The summed E-state index contributed by atoms with van der Waals surface area (Å²) in [6, 6.07) is 9.06. The SMILES string of the molecule is CCC(Sc1cccc(NC(=O)c2c(Cl)c(Cl)c(Cl)c(Cl)c2C(=O)O)c1)C(=O)Nc1sc2c(c1C#N)CCC(C(C)(C)C)C2. The topological polar surface area (TPSA) is 119 Å². The molecule has 4 rings (SSSR count). The third-order valence-electron chi connectivity index (χ3n) is 7.58. The Kier molecular flexibility index (Phi) is 10.9. The molecule has 2 unspecified atom stereocenters. The van der Waals surface area contributed by atoms with Gasteiger partial charge in [-0.2, -0.15) is 5.26 Å². The highest BCUT2D eigenvalue weighted by atomic mass is 35.5. The van der Waals surface area contributed by atoms with Crippen molar-refractivity contribution in [2.75, 3.05) is 10.6 Å². The summed E-state index contributed by atoms with van der Waals surface area (Å²) in [7, 11) is 0. The predicted octanol–water partition coefficient (Wildman–Crippen LogP) is 9.84. The molecule has 3 aromatic rings. The molecule has 44 heavy (non-hydrogen) atoms. The first kappa shape index (κ1) is 34.4. The van der Waals surface area contributed by atoms with Crippen LogP contribution in [0.3, 0.4) is 0 Å². The fourth-order valence-corrected chi connectivity index (χ4v) is 8.41. The molecule has 1 heterocycles. The Labute approximate surface area is 284 Å². The second-order valence-corrected chi connectivity index (χ2v) is 15.3. The molecule has 2 aromatic carbocycles. The molecule has 0 aliphatic heterocycles. The summed E-state index contributed by atoms with van der Waals surface area (Å²) < 4.78 is 0. The number of aromatic carboxylic acids is 1. The van der Waals surface area contributed by atoms with Crippen LogP contribution in [0.15, 0.2) is 29.2 Å². The number of nitriles is 1. The normalized spacial score (nSPS) is 15.2. The van der Waals surface area contributed by atoms with E-state index in [4.69, 9.17) is 46.4 Å². The second kappa shape index (κ2) is 13.9. The van der Waals surface area contributed by atoms with E-state index in [-0.39, 0.29) is 26.4 Å². The number of hydrogen-bond acceptors (Lipinski definition) is 6. The quantitative estimate of drug-likeness (QED) is 0.122. The zero-order valence-electron chi connectivity index (χ0n) is 24.2. The van der Waals surface area contributed by atoms with Gasteiger partial charge in [-0.3, -0.25) is 9.59 Å². The highest BCUT2D eigenvalue weighted by Crippen LogP contribution is 2.45. The molecule has 13 heteroatoms. The second-order valence-electron chi connectivity index (χ2n) is 11.4. The van der Waals surface area contributed by atoms with Gasteiger partial charge in [0.05, 0.1) is 42.0 Å². The van der Waals surface area contributed by atoms with Crippen molar-refractivity contribution < 1.29 is 19.5 Å². The van der Waals surface area contributed by atoms with Crippen molar-refractivity contribution in [3.05, 3.63) is 71.5 Å². The van der Waals surface area contributed by atoms with Crippen LogP contribution in [-0.2, 0) is 17.6 Å². The maximum absolute atomic E-state index is 13.4. The van der Waals surface area contributed by atoms with E-state index in [9.17, 15) is 24.8 Å². The van der Waals surface area contributed by atoms with E-state index in [1.165, 1.54) is 28.0 Å². The van der Waals surface area contributed by atoms with Crippen molar-refractivity contribution in [2.45, 2.75) is 63.5 Å². The van der Waals surface area contributed by atoms with Crippen molar-refractivity contribution in [1.82, 2.24) is 0 Å². The summed E-state index contributed by atoms with van der Waals surface area (Å²) in [5.74, 6) is -2.06. The van der Waals surface area contributed by atoms with Crippen molar-refractivity contribution in [3.63, 3.8) is 0 Å². The zero-order chi connectivity index (χ0) is 32.5. The van der Waals surface area contributed by atoms with Crippen LogP contribution in [0.5, 0.6) is 0 Å². The lowest BCUT2D eigenvalue weighted by Crippen LogP contribution is -2.26. The molecule has 1 aliphatic carbocycles. The van der Waals surface area contributed by atoms with Crippen LogP contribution >= 0.6 is 69.5 Å². The monoisotopic (exact) mass is 711 g/mol. The first-order valence-electron chi connectivity index (χ1n) is 13.7. The number of rotatable bonds is 8. The van der Waals surface area contributed by atoms with E-state index in [2.05, 4.69) is 37.5 Å². The van der Waals surface area contributed by atoms with Crippen LogP contribution in [0.1, 0.15) is 77.3 Å². The van der Waals surface area contributed by atoms with E-state index in [1.807, 2.05) is 6.92 Å². The summed E-state index contributed by atoms with van der Waals surface area (Å²) in [5.41, 5.74) is 1.09. The maximum Gasteiger partial charge on any atom is 0.338 e. The number of thioether (sulfide) groups is 1. The lowest BCUT2D eigenvalue weighted by molar-refractivity contribution is -0.115. The summed E-state index contributed by atoms with van der Waals surface area (Å²) in [6.45, 7) is 8.60. The zero-order valence-corrected chi connectivity index (χ0v) is 28.9. The van der Waals surface area contributed by atoms with E-state index >= 15 is 0 Å². The van der Waals surface area contributed by atoms with Gasteiger partial charge < -0.3 is 15.7 Å². The minimum Gasteiger partial charge on any atom is -0.478 e. The van der Waals surface area contributed by atoms with Gasteiger partial charge in [0.15, 0.2) is 0 Å². The molecule has 2 amide bonds. The van der Waals surface area contributed by atoms with Gasteiger partial charge in [-0.1, -0.05) is 80.2 Å². The number of amides is 2. The van der Waals surface area contributed by atoms with Gasteiger partial charge >= 0.3 is 5.97 Å². The molecule has 0 bridgehead atoms. The number of hydrogen-bond donors (Lipinski definition) is 3. The first-order chi connectivity index (χ1) is 20.7. The van der Waals surface area contributed by atoms with Crippen LogP contribution in [0.4, 0.5) is 10.7 Å². The number of nitrogens with one attached hydrogen (secondary N) is 2. The van der Waals surface area contributed by atoms with Gasteiger partial charge in [0.2, 0.25) is 5.91 Å². The van der Waals surface area contributed by atoms with Crippen LogP contribution < -0.4 is 10.6 Å². The lowest BCUT2D eigenvalue weighted by Gasteiger charge is -2.33. The van der Waals surface area contributed by atoms with E-state index in [0.717, 1.165) is 24.8 Å². The van der Waals surface area contributed by atoms with Gasteiger partial charge in [-0.15, -0.1) is 23.1 Å². The Morgan fingerprint density at radius 1 is 1.09 bits per heavy atom. The third kappa shape index (κ3) is 7.17. The Morgan fingerprint density at radius 2 is 1.75 bits per heavy atom. The Morgan fingerprint density at radius 3 is 2.34 bits per heavy atom. The molecule has 1 aromatic heterocycles. The van der Waals surface area contributed by atoms with E-state index in [0.29, 0.717) is 33.5 Å². The van der Waals surface area contributed by atoms with Gasteiger partial charge in [0, 0.05) is 15.5 Å². The van der Waals surface area contributed by atoms with Gasteiger partial charge in [-0.25, -0.2) is 4.79 Å². The molecule has 0 radical (unpaired) electrons. The minimum atomic E-state index is -1.50. The van der Waals surface area contributed by atoms with E-state index < -0.39 is 33.3 Å². The highest BCUT2D eigenvalue weighted by Gasteiger charge is 2.33. The molecule has 1 aliphatic rings. The molecule has 0 fully saturated rings. The number of carbonyl (C=O) groups excluding carboxylic acids is 2. The molecule has 232 valence electrons. The lowest BCUT2D eigenvalue weighted by atomic mass is 9.72. The number of halogens is 4. The van der Waals surface area contributed by atoms with Crippen LogP contribution in [-0.4, -0.2) is 28.1 Å². The molecular formula is C31H29Cl4N3O4S2. The molecular weight excluding hydrogens is 684 g/mol. The largest absolute Gasteiger partial charge is 0.478 e. The first-order valence-corrected chi connectivity index (χ1v) is 16.9. The molecule has 0 saturated carbocycles. The number of fused-ring (bicyclic) bond motifs is 1. The maximum atomic E-state index is 13.4.